The smallest absolute Gasteiger partial charge is 0.306 e. The Kier molecular flexibility index (Phi) is 8.05. The maximum absolute atomic E-state index is 12.8. The highest BCUT2D eigenvalue weighted by Gasteiger charge is 2.28. The number of rotatable bonds is 7. The zero-order chi connectivity index (χ0) is 24.0. The minimum absolute atomic E-state index is 0.0585. The summed E-state index contributed by atoms with van der Waals surface area (Å²) in [6.07, 6.45) is 2.45. The summed E-state index contributed by atoms with van der Waals surface area (Å²) >= 11 is 0. The summed E-state index contributed by atoms with van der Waals surface area (Å²) in [4.78, 5) is 41.5. The van der Waals surface area contributed by atoms with E-state index in [-0.39, 0.29) is 17.9 Å². The Morgan fingerprint density at radius 2 is 1.88 bits per heavy atom. The molecule has 2 aromatic rings. The predicted octanol–water partition coefficient (Wildman–Crippen LogP) is 3.21. The lowest BCUT2D eigenvalue weighted by Crippen LogP contribution is -2.44. The number of likely N-dealkylation sites (tertiary alicyclic amines) is 1. The summed E-state index contributed by atoms with van der Waals surface area (Å²) in [5.74, 6) is -0.0839. The third-order valence-electron chi connectivity index (χ3n) is 6.45. The Morgan fingerprint density at radius 3 is 2.52 bits per heavy atom. The van der Waals surface area contributed by atoms with Crippen LogP contribution in [0.4, 0.5) is 0 Å². The summed E-state index contributed by atoms with van der Waals surface area (Å²) < 4.78 is 5.40. The number of H-pyrrole nitrogens is 1. The van der Waals surface area contributed by atoms with Crippen molar-refractivity contribution in [3.8, 4) is 6.07 Å². The van der Waals surface area contributed by atoms with Crippen LogP contribution in [0.25, 0.3) is 0 Å². The molecule has 1 aliphatic rings. The van der Waals surface area contributed by atoms with Gasteiger partial charge in [-0.05, 0) is 69.1 Å². The number of nitrogens with one attached hydrogen (secondary N) is 1. The molecule has 0 aliphatic carbocycles. The molecule has 1 amide bonds. The van der Waals surface area contributed by atoms with Crippen LogP contribution in [0, 0.1) is 31.1 Å². The lowest BCUT2D eigenvalue weighted by atomic mass is 9.90. The van der Waals surface area contributed by atoms with E-state index >= 15 is 0 Å². The standard InChI is InChI=1S/C26H31N3O4/c1-17-22(18(2)28-25(31)23(17)16-27)9-10-24(30)33-19(3)26(32)29-13-11-21(12-14-29)15-20-7-5-4-6-8-20/h4-8,19,21H,9-15H2,1-3H3,(H,28,31)/t19-/m1/s1. The second-order valence-corrected chi connectivity index (χ2v) is 8.76. The number of carbonyl (C=O) groups excluding carboxylic acids is 2. The number of aromatic amines is 1. The van der Waals surface area contributed by atoms with Gasteiger partial charge in [-0.1, -0.05) is 30.3 Å². The van der Waals surface area contributed by atoms with Crippen LogP contribution in [-0.2, 0) is 27.2 Å². The Balaban J connectivity index is 1.48. The van der Waals surface area contributed by atoms with Gasteiger partial charge < -0.3 is 14.6 Å². The van der Waals surface area contributed by atoms with Gasteiger partial charge in [0.05, 0.1) is 0 Å². The molecule has 0 spiro atoms. The van der Waals surface area contributed by atoms with E-state index in [1.165, 1.54) is 5.56 Å². The number of nitrogens with zero attached hydrogens (tertiary/aromatic N) is 2. The third-order valence-corrected chi connectivity index (χ3v) is 6.45. The normalized spacial score (nSPS) is 15.0. The van der Waals surface area contributed by atoms with E-state index in [1.807, 2.05) is 24.3 Å². The van der Waals surface area contributed by atoms with Gasteiger partial charge in [0.2, 0.25) is 0 Å². The van der Waals surface area contributed by atoms with Crippen molar-refractivity contribution in [2.45, 2.75) is 59.0 Å². The molecule has 1 fully saturated rings. The average Bonchev–Trinajstić information content (AvgIpc) is 2.79. The summed E-state index contributed by atoms with van der Waals surface area (Å²) in [6.45, 7) is 6.40. The van der Waals surface area contributed by atoms with Crippen molar-refractivity contribution in [2.75, 3.05) is 13.1 Å². The maximum atomic E-state index is 12.8. The molecule has 174 valence electrons. The van der Waals surface area contributed by atoms with Gasteiger partial charge in [-0.2, -0.15) is 5.26 Å². The highest BCUT2D eigenvalue weighted by Crippen LogP contribution is 2.22. The predicted molar refractivity (Wildman–Crippen MR) is 125 cm³/mol. The van der Waals surface area contributed by atoms with Gasteiger partial charge in [-0.25, -0.2) is 0 Å². The molecule has 7 heteroatoms. The van der Waals surface area contributed by atoms with Crippen molar-refractivity contribution >= 4 is 11.9 Å². The van der Waals surface area contributed by atoms with E-state index in [9.17, 15) is 19.6 Å². The second-order valence-electron chi connectivity index (χ2n) is 8.76. The molecule has 0 unspecified atom stereocenters. The number of carbonyl (C=O) groups is 2. The second kappa shape index (κ2) is 11.0. The van der Waals surface area contributed by atoms with Crippen molar-refractivity contribution in [2.24, 2.45) is 5.92 Å². The van der Waals surface area contributed by atoms with Crippen molar-refractivity contribution in [1.82, 2.24) is 9.88 Å². The third kappa shape index (κ3) is 6.10. The van der Waals surface area contributed by atoms with Crippen LogP contribution >= 0.6 is 0 Å². The Labute approximate surface area is 194 Å². The van der Waals surface area contributed by atoms with Crippen molar-refractivity contribution in [3.63, 3.8) is 0 Å². The van der Waals surface area contributed by atoms with Crippen molar-refractivity contribution < 1.29 is 14.3 Å². The Bertz CT molecular complexity index is 1090. The van der Waals surface area contributed by atoms with Gasteiger partial charge in [-0.15, -0.1) is 0 Å². The molecular formula is C26H31N3O4. The zero-order valence-corrected chi connectivity index (χ0v) is 19.5. The van der Waals surface area contributed by atoms with Crippen LogP contribution < -0.4 is 5.56 Å². The molecule has 1 aromatic heterocycles. The maximum Gasteiger partial charge on any atom is 0.306 e. The molecule has 0 radical (unpaired) electrons. The first-order valence-electron chi connectivity index (χ1n) is 11.4. The molecule has 33 heavy (non-hydrogen) atoms. The number of esters is 1. The summed E-state index contributed by atoms with van der Waals surface area (Å²) in [5.41, 5.74) is 2.91. The highest BCUT2D eigenvalue weighted by molar-refractivity contribution is 5.83. The molecular weight excluding hydrogens is 418 g/mol. The van der Waals surface area contributed by atoms with Gasteiger partial charge in [0.1, 0.15) is 11.6 Å². The summed E-state index contributed by atoms with van der Waals surface area (Å²) in [5, 5.41) is 9.18. The summed E-state index contributed by atoms with van der Waals surface area (Å²) in [6, 6.07) is 12.3. The van der Waals surface area contributed by atoms with Gasteiger partial charge in [0.25, 0.3) is 11.5 Å². The molecule has 1 aliphatic heterocycles. The number of piperidine rings is 1. The topological polar surface area (TPSA) is 103 Å². The molecule has 2 heterocycles. The number of benzene rings is 1. The Hall–Kier alpha value is -3.40. The van der Waals surface area contributed by atoms with Crippen LogP contribution in [0.5, 0.6) is 0 Å². The number of hydrogen-bond acceptors (Lipinski definition) is 5. The molecule has 1 N–H and O–H groups in total. The fourth-order valence-electron chi connectivity index (χ4n) is 4.52. The largest absolute Gasteiger partial charge is 0.453 e. The fraction of sp³-hybridized carbons (Fsp3) is 0.462. The number of hydrogen-bond donors (Lipinski definition) is 1. The van der Waals surface area contributed by atoms with E-state index in [0.29, 0.717) is 36.7 Å². The van der Waals surface area contributed by atoms with E-state index in [4.69, 9.17) is 4.74 Å². The number of nitriles is 1. The zero-order valence-electron chi connectivity index (χ0n) is 19.5. The van der Waals surface area contributed by atoms with E-state index < -0.39 is 17.6 Å². The van der Waals surface area contributed by atoms with E-state index in [2.05, 4.69) is 17.1 Å². The number of pyridine rings is 1. The lowest BCUT2D eigenvalue weighted by Gasteiger charge is -2.33. The minimum Gasteiger partial charge on any atom is -0.453 e. The molecule has 1 atom stereocenters. The van der Waals surface area contributed by atoms with Crippen LogP contribution in [0.1, 0.15) is 54.1 Å². The first-order valence-corrected chi connectivity index (χ1v) is 11.4. The quantitative estimate of drug-likeness (QED) is 0.654. The van der Waals surface area contributed by atoms with Crippen molar-refractivity contribution in [3.05, 3.63) is 68.6 Å². The van der Waals surface area contributed by atoms with Gasteiger partial charge >= 0.3 is 5.97 Å². The number of ether oxygens (including phenoxy) is 1. The molecule has 0 saturated carbocycles. The van der Waals surface area contributed by atoms with Gasteiger partial charge in [0, 0.05) is 25.2 Å². The first kappa shape index (κ1) is 24.2. The van der Waals surface area contributed by atoms with Crippen molar-refractivity contribution in [1.29, 1.82) is 5.26 Å². The summed E-state index contributed by atoms with van der Waals surface area (Å²) in [7, 11) is 0. The molecule has 1 aromatic carbocycles. The average molecular weight is 450 g/mol. The monoisotopic (exact) mass is 449 g/mol. The Morgan fingerprint density at radius 1 is 1.21 bits per heavy atom. The van der Waals surface area contributed by atoms with Gasteiger partial charge in [0.15, 0.2) is 6.10 Å². The highest BCUT2D eigenvalue weighted by atomic mass is 16.5. The minimum atomic E-state index is -0.837. The molecule has 7 nitrogen and oxygen atoms in total. The van der Waals surface area contributed by atoms with Crippen LogP contribution in [0.2, 0.25) is 0 Å². The van der Waals surface area contributed by atoms with E-state index in [0.717, 1.165) is 24.8 Å². The van der Waals surface area contributed by atoms with Gasteiger partial charge in [-0.3, -0.25) is 14.4 Å². The van der Waals surface area contributed by atoms with Crippen LogP contribution in [0.15, 0.2) is 35.1 Å². The molecule has 3 rings (SSSR count). The number of aromatic nitrogens is 1. The van der Waals surface area contributed by atoms with Crippen LogP contribution in [0.3, 0.4) is 0 Å². The fourth-order valence-corrected chi connectivity index (χ4v) is 4.52. The molecule has 1 saturated heterocycles. The lowest BCUT2D eigenvalue weighted by molar-refractivity contribution is -0.159. The molecule has 0 bridgehead atoms. The van der Waals surface area contributed by atoms with E-state index in [1.54, 1.807) is 25.7 Å². The van der Waals surface area contributed by atoms with Crippen LogP contribution in [-0.4, -0.2) is 41.0 Å². The SMILES string of the molecule is Cc1[nH]c(=O)c(C#N)c(C)c1CCC(=O)O[C@H](C)C(=O)N1CCC(Cc2ccccc2)CC1. The number of aryl methyl sites for hydroxylation is 1. The number of amides is 1. The first-order chi connectivity index (χ1) is 15.8.